The molecule has 2 aromatic rings. The van der Waals surface area contributed by atoms with E-state index < -0.39 is 5.82 Å². The molecule has 1 unspecified atom stereocenters. The molecule has 1 fully saturated rings. The minimum atomic E-state index is -0.585. The van der Waals surface area contributed by atoms with Crippen LogP contribution >= 0.6 is 11.8 Å². The van der Waals surface area contributed by atoms with Gasteiger partial charge in [0.15, 0.2) is 5.78 Å². The van der Waals surface area contributed by atoms with Crippen LogP contribution in [0, 0.1) is 17.1 Å². The maximum atomic E-state index is 13.9. The highest BCUT2D eigenvalue weighted by Crippen LogP contribution is 2.20. The van der Waals surface area contributed by atoms with E-state index in [-0.39, 0.29) is 24.1 Å². The van der Waals surface area contributed by atoms with Crippen LogP contribution in [-0.2, 0) is 11.3 Å². The van der Waals surface area contributed by atoms with E-state index in [4.69, 9.17) is 14.7 Å². The molecule has 0 amide bonds. The van der Waals surface area contributed by atoms with Crippen LogP contribution in [0.2, 0.25) is 0 Å². The van der Waals surface area contributed by atoms with Gasteiger partial charge in [-0.1, -0.05) is 0 Å². The number of ketones is 1. The van der Waals surface area contributed by atoms with E-state index in [2.05, 4.69) is 16.0 Å². The quantitative estimate of drug-likeness (QED) is 0.507. The number of nitrogens with zero attached hydrogens (tertiary/aromatic N) is 3. The number of thioether (sulfide) groups is 1. The molecule has 0 saturated carbocycles. The summed E-state index contributed by atoms with van der Waals surface area (Å²) in [7, 11) is 0. The van der Waals surface area contributed by atoms with E-state index in [1.165, 1.54) is 30.8 Å². The number of carbonyl (C=O) groups excluding carboxylic acids is 1. The summed E-state index contributed by atoms with van der Waals surface area (Å²) in [6, 6.07) is 10.1. The third kappa shape index (κ3) is 5.54. The summed E-state index contributed by atoms with van der Waals surface area (Å²) in [6.07, 6.45) is 1.75. The van der Waals surface area contributed by atoms with Gasteiger partial charge in [-0.25, -0.2) is 9.37 Å². The fourth-order valence-corrected chi connectivity index (χ4v) is 3.66. The zero-order chi connectivity index (χ0) is 20.8. The molecule has 2 heterocycles. The van der Waals surface area contributed by atoms with Crippen LogP contribution in [-0.4, -0.2) is 54.3 Å². The van der Waals surface area contributed by atoms with E-state index in [1.54, 1.807) is 12.1 Å². The van der Waals surface area contributed by atoms with E-state index in [9.17, 15) is 9.18 Å². The van der Waals surface area contributed by atoms with Crippen molar-refractivity contribution in [2.75, 3.05) is 32.6 Å². The normalized spacial score (nSPS) is 17.0. The van der Waals surface area contributed by atoms with Crippen molar-refractivity contribution in [3.63, 3.8) is 0 Å². The fourth-order valence-electron chi connectivity index (χ4n) is 3.12. The van der Waals surface area contributed by atoms with Crippen LogP contribution in [0.1, 0.15) is 28.5 Å². The molecule has 29 heavy (non-hydrogen) atoms. The van der Waals surface area contributed by atoms with Crippen LogP contribution in [0.5, 0.6) is 5.75 Å². The molecule has 0 aliphatic carbocycles. The number of Topliss-reactive ketones (excluding diaryl/α,β-unsaturated/α-hetero) is 1. The summed E-state index contributed by atoms with van der Waals surface area (Å²) in [6.45, 7) is 4.26. The highest BCUT2D eigenvalue weighted by molar-refractivity contribution is 7.98. The van der Waals surface area contributed by atoms with Gasteiger partial charge in [0.1, 0.15) is 35.4 Å². The largest absolute Gasteiger partial charge is 0.491 e. The van der Waals surface area contributed by atoms with Gasteiger partial charge in [-0.2, -0.15) is 5.26 Å². The SMILES string of the molecule is CSc1nc(CN2CCOC(COc3ccc(C(C)=O)c(F)c3)C2)ccc1C#N. The highest BCUT2D eigenvalue weighted by Gasteiger charge is 2.22. The van der Waals surface area contributed by atoms with Gasteiger partial charge >= 0.3 is 0 Å². The second-order valence-corrected chi connectivity index (χ2v) is 7.50. The fraction of sp³-hybridized carbons (Fsp3) is 0.381. The number of aromatic nitrogens is 1. The molecule has 1 aliphatic heterocycles. The van der Waals surface area contributed by atoms with Crippen molar-refractivity contribution in [2.24, 2.45) is 0 Å². The predicted octanol–water partition coefficient (Wildman–Crippen LogP) is 3.30. The monoisotopic (exact) mass is 415 g/mol. The highest BCUT2D eigenvalue weighted by atomic mass is 32.2. The van der Waals surface area contributed by atoms with Gasteiger partial charge < -0.3 is 9.47 Å². The maximum Gasteiger partial charge on any atom is 0.162 e. The first-order valence-corrected chi connectivity index (χ1v) is 10.4. The summed E-state index contributed by atoms with van der Waals surface area (Å²) in [4.78, 5) is 18.1. The Morgan fingerprint density at radius 1 is 1.45 bits per heavy atom. The number of halogens is 1. The Hall–Kier alpha value is -2.47. The number of hydrogen-bond donors (Lipinski definition) is 0. The van der Waals surface area contributed by atoms with E-state index >= 15 is 0 Å². The molecule has 0 bridgehead atoms. The first-order valence-electron chi connectivity index (χ1n) is 9.21. The zero-order valence-corrected chi connectivity index (χ0v) is 17.2. The molecule has 1 aromatic heterocycles. The van der Waals surface area contributed by atoms with Crippen molar-refractivity contribution in [3.05, 3.63) is 53.0 Å². The molecular weight excluding hydrogens is 393 g/mol. The summed E-state index contributed by atoms with van der Waals surface area (Å²) < 4.78 is 25.3. The standard InChI is InChI=1S/C21H22FN3O3S/c1-14(26)19-6-5-17(9-20(19)22)28-13-18-12-25(7-8-27-18)11-16-4-3-15(10-23)21(24-16)29-2/h3-6,9,18H,7-8,11-13H2,1-2H3. The number of carbonyl (C=O) groups is 1. The van der Waals surface area contributed by atoms with Crippen LogP contribution in [0.4, 0.5) is 4.39 Å². The Morgan fingerprint density at radius 2 is 2.28 bits per heavy atom. The molecule has 6 nitrogen and oxygen atoms in total. The lowest BCUT2D eigenvalue weighted by atomic mass is 10.1. The molecule has 1 aromatic carbocycles. The molecule has 152 valence electrons. The summed E-state index contributed by atoms with van der Waals surface area (Å²) in [5.74, 6) is -0.536. The number of nitriles is 1. The van der Waals surface area contributed by atoms with Crippen molar-refractivity contribution in [1.29, 1.82) is 5.26 Å². The lowest BCUT2D eigenvalue weighted by molar-refractivity contribution is -0.0507. The predicted molar refractivity (Wildman–Crippen MR) is 108 cm³/mol. The topological polar surface area (TPSA) is 75.5 Å². The number of pyridine rings is 1. The molecule has 8 heteroatoms. The van der Waals surface area contributed by atoms with E-state index in [0.717, 1.165) is 17.3 Å². The summed E-state index contributed by atoms with van der Waals surface area (Å²) in [5.41, 5.74) is 1.53. The molecule has 0 spiro atoms. The van der Waals surface area contributed by atoms with Gasteiger partial charge in [0, 0.05) is 25.7 Å². The van der Waals surface area contributed by atoms with Crippen molar-refractivity contribution >= 4 is 17.5 Å². The molecular formula is C21H22FN3O3S. The lowest BCUT2D eigenvalue weighted by Gasteiger charge is -2.32. The van der Waals surface area contributed by atoms with Crippen molar-refractivity contribution in [3.8, 4) is 11.8 Å². The van der Waals surface area contributed by atoms with Crippen LogP contribution < -0.4 is 4.74 Å². The van der Waals surface area contributed by atoms with Gasteiger partial charge in [0.25, 0.3) is 0 Å². The average Bonchev–Trinajstić information content (AvgIpc) is 2.72. The Morgan fingerprint density at radius 3 is 2.97 bits per heavy atom. The summed E-state index contributed by atoms with van der Waals surface area (Å²) in [5, 5.41) is 9.86. The maximum absolute atomic E-state index is 13.9. The van der Waals surface area contributed by atoms with Crippen LogP contribution in [0.3, 0.4) is 0 Å². The molecule has 0 N–H and O–H groups in total. The molecule has 1 aliphatic rings. The Bertz CT molecular complexity index is 932. The minimum Gasteiger partial charge on any atom is -0.491 e. The van der Waals surface area contributed by atoms with Gasteiger partial charge in [0.05, 0.1) is 23.4 Å². The van der Waals surface area contributed by atoms with Gasteiger partial charge in [0.2, 0.25) is 0 Å². The van der Waals surface area contributed by atoms with Gasteiger partial charge in [-0.3, -0.25) is 9.69 Å². The number of benzene rings is 1. The first-order chi connectivity index (χ1) is 14.0. The van der Waals surface area contributed by atoms with Crippen LogP contribution in [0.25, 0.3) is 0 Å². The third-order valence-corrected chi connectivity index (χ3v) is 5.29. The summed E-state index contributed by atoms with van der Waals surface area (Å²) >= 11 is 1.46. The number of morpholine rings is 1. The number of rotatable bonds is 7. The molecule has 0 radical (unpaired) electrons. The minimum absolute atomic E-state index is 0.0527. The average molecular weight is 415 g/mol. The lowest BCUT2D eigenvalue weighted by Crippen LogP contribution is -2.44. The van der Waals surface area contributed by atoms with Crippen LogP contribution in [0.15, 0.2) is 35.4 Å². The Labute approximate surface area is 173 Å². The number of hydrogen-bond acceptors (Lipinski definition) is 7. The van der Waals surface area contributed by atoms with E-state index in [0.29, 0.717) is 31.0 Å². The number of ether oxygens (including phenoxy) is 2. The first kappa shape index (κ1) is 21.2. The Kier molecular flexibility index (Phi) is 7.20. The van der Waals surface area contributed by atoms with Crippen molar-refractivity contribution in [2.45, 2.75) is 24.6 Å². The zero-order valence-electron chi connectivity index (χ0n) is 16.4. The second kappa shape index (κ2) is 9.83. The smallest absolute Gasteiger partial charge is 0.162 e. The molecule has 1 atom stereocenters. The third-order valence-electron chi connectivity index (χ3n) is 4.60. The van der Waals surface area contributed by atoms with Crippen molar-refractivity contribution < 1.29 is 18.7 Å². The second-order valence-electron chi connectivity index (χ2n) is 6.71. The van der Waals surface area contributed by atoms with Gasteiger partial charge in [-0.15, -0.1) is 11.8 Å². The van der Waals surface area contributed by atoms with E-state index in [1.807, 2.05) is 12.3 Å². The van der Waals surface area contributed by atoms with Gasteiger partial charge in [-0.05, 0) is 37.4 Å². The van der Waals surface area contributed by atoms with Crippen molar-refractivity contribution in [1.82, 2.24) is 9.88 Å². The Balaban J connectivity index is 1.56. The molecule has 3 rings (SSSR count). The molecule has 1 saturated heterocycles.